The zero-order chi connectivity index (χ0) is 23.7. The third-order valence-corrected chi connectivity index (χ3v) is 8.94. The number of rotatable bonds is 6. The van der Waals surface area contributed by atoms with Crippen LogP contribution in [0.25, 0.3) is 0 Å². The van der Waals surface area contributed by atoms with Crippen LogP contribution in [0.3, 0.4) is 0 Å². The molecule has 0 aromatic heterocycles. The van der Waals surface area contributed by atoms with E-state index in [4.69, 9.17) is 0 Å². The molecule has 0 radical (unpaired) electrons. The first-order chi connectivity index (χ1) is 15.0. The van der Waals surface area contributed by atoms with E-state index in [-0.39, 0.29) is 17.9 Å². The molecule has 3 rings (SSSR count). The molecule has 0 bridgehead atoms. The van der Waals surface area contributed by atoms with Crippen LogP contribution in [0.4, 0.5) is 0 Å². The fraction of sp³-hybridized carbons (Fsp3) is 0.714. The van der Waals surface area contributed by atoms with E-state index in [2.05, 4.69) is 44.7 Å². The molecule has 32 heavy (non-hydrogen) atoms. The van der Waals surface area contributed by atoms with Gasteiger partial charge in [-0.25, -0.2) is 0 Å². The maximum atomic E-state index is 10.3. The van der Waals surface area contributed by atoms with Gasteiger partial charge in [0.1, 0.15) is 0 Å². The van der Waals surface area contributed by atoms with Crippen LogP contribution < -0.4 is 0 Å². The fourth-order valence-corrected chi connectivity index (χ4v) is 6.44. The van der Waals surface area contributed by atoms with Crippen molar-refractivity contribution in [3.05, 3.63) is 47.6 Å². The Hall–Kier alpha value is -1.20. The molecule has 0 spiro atoms. The topological polar surface area (TPSA) is 80.9 Å². The van der Waals surface area contributed by atoms with Gasteiger partial charge in [0.2, 0.25) is 0 Å². The molecular weight excluding hydrogens is 400 g/mol. The molecule has 0 heterocycles. The van der Waals surface area contributed by atoms with Crippen LogP contribution in [-0.2, 0) is 0 Å². The maximum Gasteiger partial charge on any atom is 0.0908 e. The number of fused-ring (bicyclic) bond motifs is 1. The molecule has 180 valence electrons. The van der Waals surface area contributed by atoms with Gasteiger partial charge >= 0.3 is 0 Å². The van der Waals surface area contributed by atoms with Crippen LogP contribution >= 0.6 is 0 Å². The van der Waals surface area contributed by atoms with Crippen molar-refractivity contribution in [3.63, 3.8) is 0 Å². The second kappa shape index (κ2) is 9.97. The summed E-state index contributed by atoms with van der Waals surface area (Å²) >= 11 is 0. The van der Waals surface area contributed by atoms with Gasteiger partial charge in [-0.05, 0) is 79.8 Å². The average molecular weight is 445 g/mol. The zero-order valence-corrected chi connectivity index (χ0v) is 20.4. The molecule has 8 atom stereocenters. The second-order valence-corrected chi connectivity index (χ2v) is 11.2. The molecule has 4 nitrogen and oxygen atoms in total. The van der Waals surface area contributed by atoms with E-state index in [0.717, 1.165) is 17.6 Å². The fourth-order valence-electron chi connectivity index (χ4n) is 6.44. The summed E-state index contributed by atoms with van der Waals surface area (Å²) in [5, 5.41) is 39.9. The van der Waals surface area contributed by atoms with Crippen molar-refractivity contribution in [2.45, 2.75) is 90.4 Å². The van der Waals surface area contributed by atoms with E-state index in [1.807, 2.05) is 6.92 Å². The first kappa shape index (κ1) is 25.4. The van der Waals surface area contributed by atoms with Gasteiger partial charge in [0.05, 0.1) is 24.4 Å². The van der Waals surface area contributed by atoms with Gasteiger partial charge in [-0.1, -0.05) is 57.2 Å². The third-order valence-electron chi connectivity index (χ3n) is 8.94. The molecule has 4 heteroatoms. The van der Waals surface area contributed by atoms with Gasteiger partial charge in [0.15, 0.2) is 0 Å². The summed E-state index contributed by atoms with van der Waals surface area (Å²) in [4.78, 5) is 0. The number of hydrogen-bond donors (Lipinski definition) is 4. The van der Waals surface area contributed by atoms with Crippen molar-refractivity contribution in [1.29, 1.82) is 0 Å². The quantitative estimate of drug-likeness (QED) is 0.448. The lowest BCUT2D eigenvalue weighted by Gasteiger charge is -2.44. The van der Waals surface area contributed by atoms with Crippen LogP contribution in [0, 0.1) is 29.1 Å². The number of aliphatic hydroxyl groups is 4. The summed E-state index contributed by atoms with van der Waals surface area (Å²) in [7, 11) is 0. The van der Waals surface area contributed by atoms with Crippen LogP contribution in [0.15, 0.2) is 47.6 Å². The molecular formula is C28H44O4. The van der Waals surface area contributed by atoms with Gasteiger partial charge in [0, 0.05) is 12.3 Å². The Morgan fingerprint density at radius 3 is 2.59 bits per heavy atom. The van der Waals surface area contributed by atoms with Crippen molar-refractivity contribution < 1.29 is 20.4 Å². The highest BCUT2D eigenvalue weighted by Crippen LogP contribution is 2.59. The van der Waals surface area contributed by atoms with E-state index >= 15 is 0 Å². The molecule has 3 aliphatic carbocycles. The molecule has 0 aromatic carbocycles. The Bertz CT molecular complexity index is 776. The minimum atomic E-state index is -1.09. The normalized spacial score (nSPS) is 39.9. The first-order valence-electron chi connectivity index (χ1n) is 12.5. The Morgan fingerprint density at radius 1 is 1.19 bits per heavy atom. The van der Waals surface area contributed by atoms with Crippen LogP contribution in [0.5, 0.6) is 0 Å². The molecule has 0 aromatic rings. The maximum absolute atomic E-state index is 10.3. The predicted octanol–water partition coefficient (Wildman–Crippen LogP) is 4.70. The molecule has 4 N–H and O–H groups in total. The number of allylic oxidation sites excluding steroid dienone is 4. The van der Waals surface area contributed by atoms with Crippen molar-refractivity contribution in [3.8, 4) is 0 Å². The molecule has 0 aliphatic heterocycles. The monoisotopic (exact) mass is 444 g/mol. The van der Waals surface area contributed by atoms with Crippen molar-refractivity contribution in [2.75, 3.05) is 6.61 Å². The molecule has 0 saturated heterocycles. The highest BCUT2D eigenvalue weighted by atomic mass is 16.3. The van der Waals surface area contributed by atoms with Gasteiger partial charge in [-0.2, -0.15) is 0 Å². The van der Waals surface area contributed by atoms with Crippen LogP contribution in [0.2, 0.25) is 0 Å². The van der Waals surface area contributed by atoms with Crippen molar-refractivity contribution in [1.82, 2.24) is 0 Å². The summed E-state index contributed by atoms with van der Waals surface area (Å²) in [5.74, 6) is 1.49. The Morgan fingerprint density at radius 2 is 1.91 bits per heavy atom. The van der Waals surface area contributed by atoms with Crippen molar-refractivity contribution in [2.24, 2.45) is 29.1 Å². The second-order valence-electron chi connectivity index (χ2n) is 11.2. The number of aliphatic hydroxyl groups excluding tert-OH is 3. The predicted molar refractivity (Wildman–Crippen MR) is 130 cm³/mol. The standard InChI is InChI=1S/C28H44O4/c1-18(8-9-19(2)28(5,32)17-29)24-12-13-25-21(7-6-14-27(24,25)4)10-11-22-15-23(30)16-26(31)20(22)3/h8-11,18-19,23-26,29-32H,3,6-7,12-17H2,1-2,4-5H3/b9-8+,21-10+,22-11+/t18-,19+,23-,24-,25+,26+,27-,28-/m1/s1. The summed E-state index contributed by atoms with van der Waals surface area (Å²) < 4.78 is 0. The van der Waals surface area contributed by atoms with E-state index in [1.165, 1.54) is 31.3 Å². The van der Waals surface area contributed by atoms with Gasteiger partial charge in [-0.15, -0.1) is 0 Å². The third kappa shape index (κ3) is 5.14. The molecule has 3 aliphatic rings. The van der Waals surface area contributed by atoms with E-state index in [1.54, 1.807) is 6.92 Å². The Balaban J connectivity index is 1.75. The summed E-state index contributed by atoms with van der Waals surface area (Å²) in [6, 6.07) is 0. The van der Waals surface area contributed by atoms with E-state index in [0.29, 0.717) is 30.6 Å². The smallest absolute Gasteiger partial charge is 0.0908 e. The summed E-state index contributed by atoms with van der Waals surface area (Å²) in [6.45, 7) is 12.2. The van der Waals surface area contributed by atoms with E-state index < -0.39 is 17.8 Å². The largest absolute Gasteiger partial charge is 0.393 e. The summed E-state index contributed by atoms with van der Waals surface area (Å²) in [5.41, 5.74) is 2.41. The summed E-state index contributed by atoms with van der Waals surface area (Å²) in [6.07, 6.45) is 14.5. The first-order valence-corrected chi connectivity index (χ1v) is 12.5. The highest BCUT2D eigenvalue weighted by Gasteiger charge is 2.50. The van der Waals surface area contributed by atoms with Crippen LogP contribution in [-0.4, -0.2) is 44.8 Å². The molecule has 3 saturated carbocycles. The lowest BCUT2D eigenvalue weighted by atomic mass is 9.61. The molecule has 0 amide bonds. The lowest BCUT2D eigenvalue weighted by molar-refractivity contribution is -0.0266. The zero-order valence-electron chi connectivity index (χ0n) is 20.4. The van der Waals surface area contributed by atoms with Gasteiger partial charge in [-0.3, -0.25) is 0 Å². The Labute approximate surface area is 194 Å². The lowest BCUT2D eigenvalue weighted by Crippen LogP contribution is -2.36. The van der Waals surface area contributed by atoms with Gasteiger partial charge < -0.3 is 20.4 Å². The van der Waals surface area contributed by atoms with Crippen molar-refractivity contribution >= 4 is 0 Å². The highest BCUT2D eigenvalue weighted by molar-refractivity contribution is 5.38. The molecule has 3 fully saturated rings. The number of hydrogen-bond acceptors (Lipinski definition) is 4. The Kier molecular flexibility index (Phi) is 7.92. The minimum absolute atomic E-state index is 0.0947. The molecule has 0 unspecified atom stereocenters. The van der Waals surface area contributed by atoms with E-state index in [9.17, 15) is 20.4 Å². The van der Waals surface area contributed by atoms with Crippen LogP contribution in [0.1, 0.15) is 72.6 Å². The average Bonchev–Trinajstić information content (AvgIpc) is 3.10. The van der Waals surface area contributed by atoms with Gasteiger partial charge in [0.25, 0.3) is 0 Å². The minimum Gasteiger partial charge on any atom is -0.393 e. The SMILES string of the molecule is C=C1/C(=C/C=C2\CCC[C@]3(C)[C@@H]([C@H](C)/C=C/[C@H](C)[C@](C)(O)CO)CC[C@@H]23)C[C@@H](O)C[C@@H]1O.